The number of para-hydroxylation sites is 1. The number of aromatic amines is 1. The maximum Gasteiger partial charge on any atom is 0.416 e. The van der Waals surface area contributed by atoms with E-state index in [1.54, 1.807) is 0 Å². The lowest BCUT2D eigenvalue weighted by Crippen LogP contribution is -2.28. The number of aliphatic hydroxyl groups is 1. The van der Waals surface area contributed by atoms with Gasteiger partial charge < -0.3 is 14.8 Å². The number of aromatic nitrogens is 1. The van der Waals surface area contributed by atoms with E-state index in [4.69, 9.17) is 4.74 Å². The van der Waals surface area contributed by atoms with Gasteiger partial charge >= 0.3 is 6.18 Å². The Morgan fingerprint density at radius 1 is 1.13 bits per heavy atom. The molecule has 0 spiro atoms. The van der Waals surface area contributed by atoms with E-state index in [0.29, 0.717) is 24.3 Å². The Hall–Kier alpha value is -2.56. The Morgan fingerprint density at radius 2 is 1.80 bits per heavy atom. The Morgan fingerprint density at radius 3 is 2.43 bits per heavy atom. The van der Waals surface area contributed by atoms with Crippen LogP contribution in [-0.2, 0) is 22.6 Å². The summed E-state index contributed by atoms with van der Waals surface area (Å²) < 4.78 is 68.4. The number of rotatable bonds is 8. The molecule has 6 nitrogen and oxygen atoms in total. The Bertz CT molecular complexity index is 1110. The van der Waals surface area contributed by atoms with Gasteiger partial charge in [-0.15, -0.1) is 0 Å². The zero-order chi connectivity index (χ0) is 21.9. The zero-order valence-corrected chi connectivity index (χ0v) is 16.8. The number of H-pyrrole nitrogens is 1. The molecule has 1 unspecified atom stereocenters. The van der Waals surface area contributed by atoms with Gasteiger partial charge in [0.2, 0.25) is 10.0 Å². The minimum absolute atomic E-state index is 0.236. The first kappa shape index (κ1) is 22.1. The molecule has 0 saturated carbocycles. The van der Waals surface area contributed by atoms with Crippen LogP contribution in [-0.4, -0.2) is 31.4 Å². The van der Waals surface area contributed by atoms with Gasteiger partial charge in [-0.2, -0.15) is 17.9 Å². The van der Waals surface area contributed by atoms with Crippen LogP contribution in [0.25, 0.3) is 10.9 Å². The number of fused-ring (bicyclic) bond motifs is 1. The highest BCUT2D eigenvalue weighted by Gasteiger charge is 2.30. The van der Waals surface area contributed by atoms with Crippen molar-refractivity contribution in [2.45, 2.75) is 25.2 Å². The minimum Gasteiger partial charge on any atom is -0.494 e. The van der Waals surface area contributed by atoms with E-state index in [-0.39, 0.29) is 6.61 Å². The molecule has 0 aliphatic rings. The molecular formula is C20H21F3N2O4S. The first-order valence-electron chi connectivity index (χ1n) is 9.09. The van der Waals surface area contributed by atoms with E-state index < -0.39 is 28.0 Å². The Labute approximate surface area is 171 Å². The van der Waals surface area contributed by atoms with Crippen LogP contribution in [0.2, 0.25) is 0 Å². The molecule has 0 saturated heterocycles. The molecule has 0 aliphatic carbocycles. The van der Waals surface area contributed by atoms with Gasteiger partial charge in [0, 0.05) is 10.9 Å². The SMILES string of the molecule is CS(=O)(=O)NC(O)c1[nH]c2ccccc2c1CCCOc1ccc(C(F)(F)F)cc1. The predicted octanol–water partition coefficient (Wildman–Crippen LogP) is 3.74. The van der Waals surface area contributed by atoms with Crippen molar-refractivity contribution in [2.75, 3.05) is 12.9 Å². The molecule has 10 heteroatoms. The third-order valence-electron chi connectivity index (χ3n) is 4.47. The topological polar surface area (TPSA) is 91.4 Å². The summed E-state index contributed by atoms with van der Waals surface area (Å²) in [6, 6.07) is 11.8. The van der Waals surface area contributed by atoms with Crippen LogP contribution in [0.5, 0.6) is 5.75 Å². The summed E-state index contributed by atoms with van der Waals surface area (Å²) in [6.45, 7) is 0.236. The van der Waals surface area contributed by atoms with Gasteiger partial charge in [0.25, 0.3) is 0 Å². The number of sulfonamides is 1. The number of alkyl halides is 3. The fourth-order valence-electron chi connectivity index (χ4n) is 3.16. The molecule has 30 heavy (non-hydrogen) atoms. The smallest absolute Gasteiger partial charge is 0.416 e. The van der Waals surface area contributed by atoms with Gasteiger partial charge in [0.15, 0.2) is 6.23 Å². The molecule has 3 aromatic rings. The zero-order valence-electron chi connectivity index (χ0n) is 16.0. The van der Waals surface area contributed by atoms with E-state index in [1.165, 1.54) is 12.1 Å². The molecule has 0 bridgehead atoms. The molecule has 162 valence electrons. The number of halogens is 3. The fraction of sp³-hybridized carbons (Fsp3) is 0.300. The maximum atomic E-state index is 12.6. The third-order valence-corrected chi connectivity index (χ3v) is 5.12. The number of ether oxygens (including phenoxy) is 1. The van der Waals surface area contributed by atoms with Gasteiger partial charge in [-0.1, -0.05) is 18.2 Å². The average Bonchev–Trinajstić information content (AvgIpc) is 3.02. The predicted molar refractivity (Wildman–Crippen MR) is 106 cm³/mol. The van der Waals surface area contributed by atoms with E-state index in [9.17, 15) is 26.7 Å². The minimum atomic E-state index is -4.40. The van der Waals surface area contributed by atoms with Crippen LogP contribution < -0.4 is 9.46 Å². The summed E-state index contributed by atoms with van der Waals surface area (Å²) in [5, 5.41) is 11.2. The first-order valence-corrected chi connectivity index (χ1v) is 11.0. The fourth-order valence-corrected chi connectivity index (χ4v) is 3.69. The maximum absolute atomic E-state index is 12.6. The van der Waals surface area contributed by atoms with Crippen LogP contribution in [0, 0.1) is 0 Å². The van der Waals surface area contributed by atoms with Gasteiger partial charge in [0.1, 0.15) is 5.75 Å². The summed E-state index contributed by atoms with van der Waals surface area (Å²) >= 11 is 0. The standard InChI is InChI=1S/C20H21F3N2O4S/c1-30(27,28)25-19(26)18-16(15-5-2-3-7-17(15)24-18)6-4-12-29-14-10-8-13(9-11-14)20(21,22)23/h2-3,5,7-11,19,24-26H,4,6,12H2,1H3. The molecular weight excluding hydrogens is 421 g/mol. The summed E-state index contributed by atoms with van der Waals surface area (Å²) in [5.74, 6) is 0.320. The van der Waals surface area contributed by atoms with Crippen molar-refractivity contribution in [3.05, 3.63) is 65.4 Å². The van der Waals surface area contributed by atoms with Gasteiger partial charge in [-0.25, -0.2) is 8.42 Å². The van der Waals surface area contributed by atoms with Gasteiger partial charge in [-0.3, -0.25) is 0 Å². The largest absolute Gasteiger partial charge is 0.494 e. The van der Waals surface area contributed by atoms with Crippen molar-refractivity contribution in [1.82, 2.24) is 9.71 Å². The van der Waals surface area contributed by atoms with Crippen molar-refractivity contribution in [1.29, 1.82) is 0 Å². The van der Waals surface area contributed by atoms with Crippen molar-refractivity contribution >= 4 is 20.9 Å². The van der Waals surface area contributed by atoms with Crippen molar-refractivity contribution < 1.29 is 31.4 Å². The monoisotopic (exact) mass is 442 g/mol. The molecule has 0 amide bonds. The highest BCUT2D eigenvalue weighted by atomic mass is 32.2. The second-order valence-electron chi connectivity index (χ2n) is 6.83. The number of aryl methyl sites for hydroxylation is 1. The van der Waals surface area contributed by atoms with E-state index >= 15 is 0 Å². The molecule has 0 aliphatic heterocycles. The summed E-state index contributed by atoms with van der Waals surface area (Å²) in [5.41, 5.74) is 1.09. The molecule has 1 aromatic heterocycles. The highest BCUT2D eigenvalue weighted by molar-refractivity contribution is 7.88. The lowest BCUT2D eigenvalue weighted by atomic mass is 10.1. The number of nitrogens with one attached hydrogen (secondary N) is 2. The summed E-state index contributed by atoms with van der Waals surface area (Å²) in [4.78, 5) is 3.04. The molecule has 3 N–H and O–H groups in total. The normalized spacial score (nSPS) is 13.5. The lowest BCUT2D eigenvalue weighted by molar-refractivity contribution is -0.137. The third kappa shape index (κ3) is 5.53. The quantitative estimate of drug-likeness (QED) is 0.366. The van der Waals surface area contributed by atoms with Gasteiger partial charge in [-0.05, 0) is 48.7 Å². The molecule has 1 atom stereocenters. The lowest BCUT2D eigenvalue weighted by Gasteiger charge is -2.13. The van der Waals surface area contributed by atoms with Crippen LogP contribution in [0.15, 0.2) is 48.5 Å². The number of hydrogen-bond acceptors (Lipinski definition) is 4. The number of aliphatic hydroxyl groups excluding tert-OH is 1. The highest BCUT2D eigenvalue weighted by Crippen LogP contribution is 2.30. The summed E-state index contributed by atoms with van der Waals surface area (Å²) in [6.07, 6.45) is -3.91. The molecule has 1 heterocycles. The van der Waals surface area contributed by atoms with Crippen molar-refractivity contribution in [3.8, 4) is 5.75 Å². The summed E-state index contributed by atoms with van der Waals surface area (Å²) in [7, 11) is -3.63. The molecule has 3 rings (SSSR count). The van der Waals surface area contributed by atoms with E-state index in [1.807, 2.05) is 24.3 Å². The van der Waals surface area contributed by atoms with Crippen molar-refractivity contribution in [3.63, 3.8) is 0 Å². The number of hydrogen-bond donors (Lipinski definition) is 3. The molecule has 2 aromatic carbocycles. The van der Waals surface area contributed by atoms with Crippen LogP contribution in [0.4, 0.5) is 13.2 Å². The van der Waals surface area contributed by atoms with Gasteiger partial charge in [0.05, 0.1) is 24.1 Å². The van der Waals surface area contributed by atoms with Crippen LogP contribution >= 0.6 is 0 Å². The van der Waals surface area contributed by atoms with Crippen molar-refractivity contribution in [2.24, 2.45) is 0 Å². The molecule has 0 radical (unpaired) electrons. The second-order valence-corrected chi connectivity index (χ2v) is 8.61. The van der Waals surface area contributed by atoms with Crippen LogP contribution in [0.1, 0.15) is 29.5 Å². The van der Waals surface area contributed by atoms with Crippen LogP contribution in [0.3, 0.4) is 0 Å². The Balaban J connectivity index is 1.69. The number of benzene rings is 2. The first-order chi connectivity index (χ1) is 14.0. The van der Waals surface area contributed by atoms with E-state index in [2.05, 4.69) is 9.71 Å². The second kappa shape index (κ2) is 8.66. The average molecular weight is 442 g/mol. The molecule has 0 fully saturated rings. The van der Waals surface area contributed by atoms with E-state index in [0.717, 1.165) is 34.9 Å². The Kier molecular flexibility index (Phi) is 6.39.